The van der Waals surface area contributed by atoms with Gasteiger partial charge in [-0.3, -0.25) is 4.79 Å². The third-order valence-electron chi connectivity index (χ3n) is 7.83. The van der Waals surface area contributed by atoms with Crippen molar-refractivity contribution in [2.75, 3.05) is 6.61 Å². The summed E-state index contributed by atoms with van der Waals surface area (Å²) in [5, 5.41) is 0. The van der Waals surface area contributed by atoms with Gasteiger partial charge >= 0.3 is 5.97 Å². The van der Waals surface area contributed by atoms with E-state index in [1.165, 1.54) is 0 Å². The van der Waals surface area contributed by atoms with E-state index in [1.807, 2.05) is 6.07 Å². The molecule has 3 aliphatic heterocycles. The molecule has 0 amide bonds. The summed E-state index contributed by atoms with van der Waals surface area (Å²) in [4.78, 5) is 12.4. The van der Waals surface area contributed by atoms with Crippen molar-refractivity contribution in [1.29, 1.82) is 0 Å². The summed E-state index contributed by atoms with van der Waals surface area (Å²) in [5.41, 5.74) is 0.867. The summed E-state index contributed by atoms with van der Waals surface area (Å²) in [6, 6.07) is 1.98. The van der Waals surface area contributed by atoms with Gasteiger partial charge in [-0.25, -0.2) is 0 Å². The smallest absolute Gasteiger partial charge is 0.309 e. The Morgan fingerprint density at radius 2 is 2.16 bits per heavy atom. The van der Waals surface area contributed by atoms with Crippen molar-refractivity contribution >= 4 is 5.97 Å². The highest BCUT2D eigenvalue weighted by atomic mass is 16.7. The molecule has 1 aromatic rings. The van der Waals surface area contributed by atoms with Crippen LogP contribution in [0.3, 0.4) is 0 Å². The molecule has 0 N–H and O–H groups in total. The van der Waals surface area contributed by atoms with Crippen molar-refractivity contribution in [1.82, 2.24) is 0 Å². The van der Waals surface area contributed by atoms with Gasteiger partial charge in [-0.15, -0.1) is 0 Å². The number of cyclic esters (lactones) is 1. The minimum absolute atomic E-state index is 0.00546. The van der Waals surface area contributed by atoms with E-state index in [-0.39, 0.29) is 47.1 Å². The van der Waals surface area contributed by atoms with Crippen LogP contribution in [0.2, 0.25) is 0 Å². The van der Waals surface area contributed by atoms with Crippen LogP contribution in [0.25, 0.3) is 0 Å². The quantitative estimate of drug-likeness (QED) is 0.579. The van der Waals surface area contributed by atoms with Gasteiger partial charge in [-0.2, -0.15) is 0 Å². The molecule has 0 aromatic carbocycles. The van der Waals surface area contributed by atoms with Crippen LogP contribution in [0, 0.1) is 28.6 Å². The van der Waals surface area contributed by atoms with Gasteiger partial charge in [-0.1, -0.05) is 19.1 Å². The first-order valence-electron chi connectivity index (χ1n) is 9.31. The summed E-state index contributed by atoms with van der Waals surface area (Å²) in [5.74, 6) is 0.622. The lowest BCUT2D eigenvalue weighted by Crippen LogP contribution is -2.56. The summed E-state index contributed by atoms with van der Waals surface area (Å²) in [7, 11) is 0. The second-order valence-electron chi connectivity index (χ2n) is 8.53. The Kier molecular flexibility index (Phi) is 2.66. The molecule has 0 radical (unpaired) electrons. The monoisotopic (exact) mass is 342 g/mol. The number of fused-ring (bicyclic) bond motifs is 1. The predicted octanol–water partition coefficient (Wildman–Crippen LogP) is 3.23. The Labute approximate surface area is 146 Å². The van der Waals surface area contributed by atoms with E-state index >= 15 is 0 Å². The normalized spacial score (nSPS) is 52.6. The van der Waals surface area contributed by atoms with Gasteiger partial charge in [0, 0.05) is 16.4 Å². The first-order chi connectivity index (χ1) is 12.1. The first-order valence-corrected chi connectivity index (χ1v) is 9.31. The molecule has 5 nitrogen and oxygen atoms in total. The highest BCUT2D eigenvalue weighted by Crippen LogP contribution is 2.72. The number of carbonyl (C=O) groups excluding carboxylic acids is 1. The molecule has 6 rings (SSSR count). The summed E-state index contributed by atoms with van der Waals surface area (Å²) < 4.78 is 23.6. The van der Waals surface area contributed by atoms with Gasteiger partial charge in [-0.05, 0) is 37.2 Å². The van der Waals surface area contributed by atoms with Crippen LogP contribution in [0.4, 0.5) is 0 Å². The fourth-order valence-electron chi connectivity index (χ4n) is 6.60. The highest BCUT2D eigenvalue weighted by molar-refractivity contribution is 5.76. The molecule has 4 fully saturated rings. The number of esters is 1. The van der Waals surface area contributed by atoms with Crippen LogP contribution in [-0.4, -0.2) is 25.0 Å². The van der Waals surface area contributed by atoms with E-state index < -0.39 is 0 Å². The zero-order chi connectivity index (χ0) is 16.8. The lowest BCUT2D eigenvalue weighted by Gasteiger charge is -2.54. The molecule has 2 bridgehead atoms. The van der Waals surface area contributed by atoms with Gasteiger partial charge in [0.1, 0.15) is 0 Å². The van der Waals surface area contributed by atoms with Crippen molar-refractivity contribution < 1.29 is 23.4 Å². The molecule has 4 heterocycles. The van der Waals surface area contributed by atoms with Gasteiger partial charge in [0.2, 0.25) is 0 Å². The van der Waals surface area contributed by atoms with E-state index in [1.54, 1.807) is 12.5 Å². The molecule has 5 aliphatic rings. The molecule has 2 aliphatic carbocycles. The Morgan fingerprint density at radius 3 is 3.00 bits per heavy atom. The molecular weight excluding hydrogens is 320 g/mol. The molecule has 1 aromatic heterocycles. The molecule has 3 saturated heterocycles. The Hall–Kier alpha value is -1.59. The molecule has 1 saturated carbocycles. The summed E-state index contributed by atoms with van der Waals surface area (Å²) >= 11 is 0. The average Bonchev–Trinajstić information content (AvgIpc) is 3.34. The van der Waals surface area contributed by atoms with Crippen molar-refractivity contribution in [2.24, 2.45) is 28.6 Å². The van der Waals surface area contributed by atoms with E-state index in [2.05, 4.69) is 19.1 Å². The van der Waals surface area contributed by atoms with Crippen molar-refractivity contribution in [2.45, 2.75) is 44.7 Å². The zero-order valence-electron chi connectivity index (χ0n) is 14.2. The van der Waals surface area contributed by atoms with Gasteiger partial charge < -0.3 is 18.6 Å². The van der Waals surface area contributed by atoms with Crippen molar-refractivity contribution in [3.8, 4) is 0 Å². The zero-order valence-corrected chi connectivity index (χ0v) is 14.2. The number of hydrogen-bond acceptors (Lipinski definition) is 5. The standard InChI is InChI=1S/C20H22O5/c1-11-14-7-19-10-23-17(21)13(19)3-2-4-16(19)20(11)8-15(25-18(20)24-14)12-5-6-22-9-12/h2,4-6,9,11,13-16,18H,3,7-8,10H2,1H3/t11-,13-,14-,15-,16-,18+,19-,20-/m1/s1. The van der Waals surface area contributed by atoms with Crippen LogP contribution >= 0.6 is 0 Å². The number of ether oxygens (including phenoxy) is 3. The van der Waals surface area contributed by atoms with E-state index in [4.69, 9.17) is 18.6 Å². The maximum atomic E-state index is 12.4. The van der Waals surface area contributed by atoms with Crippen molar-refractivity contribution in [3.05, 3.63) is 36.3 Å². The summed E-state index contributed by atoms with van der Waals surface area (Å²) in [6.45, 7) is 2.83. The number of allylic oxidation sites excluding steroid dienone is 2. The van der Waals surface area contributed by atoms with Gasteiger partial charge in [0.05, 0.1) is 37.3 Å². The second kappa shape index (κ2) is 4.57. The molecule has 0 unspecified atom stereocenters. The number of rotatable bonds is 1. The third kappa shape index (κ3) is 1.56. The first kappa shape index (κ1) is 14.6. The van der Waals surface area contributed by atoms with Crippen molar-refractivity contribution in [3.63, 3.8) is 0 Å². The fourth-order valence-corrected chi connectivity index (χ4v) is 6.60. The average molecular weight is 342 g/mol. The number of hydrogen-bond donors (Lipinski definition) is 0. The summed E-state index contributed by atoms with van der Waals surface area (Å²) in [6.07, 6.45) is 10.5. The lowest BCUT2D eigenvalue weighted by atomic mass is 9.46. The fraction of sp³-hybridized carbons (Fsp3) is 0.650. The lowest BCUT2D eigenvalue weighted by molar-refractivity contribution is -0.149. The van der Waals surface area contributed by atoms with Gasteiger partial charge in [0.15, 0.2) is 6.29 Å². The van der Waals surface area contributed by atoms with Crippen LogP contribution in [0.15, 0.2) is 35.2 Å². The topological polar surface area (TPSA) is 57.9 Å². The van der Waals surface area contributed by atoms with Crippen LogP contribution < -0.4 is 0 Å². The second-order valence-corrected chi connectivity index (χ2v) is 8.53. The van der Waals surface area contributed by atoms with E-state index in [0.29, 0.717) is 12.5 Å². The minimum Gasteiger partial charge on any atom is -0.472 e. The molecule has 8 atom stereocenters. The Balaban J connectivity index is 1.47. The maximum absolute atomic E-state index is 12.4. The minimum atomic E-state index is -0.212. The number of carbonyl (C=O) groups is 1. The van der Waals surface area contributed by atoms with E-state index in [9.17, 15) is 4.79 Å². The highest BCUT2D eigenvalue weighted by Gasteiger charge is 2.74. The van der Waals surface area contributed by atoms with Gasteiger partial charge in [0.25, 0.3) is 0 Å². The van der Waals surface area contributed by atoms with Crippen LogP contribution in [0.5, 0.6) is 0 Å². The Morgan fingerprint density at radius 1 is 1.24 bits per heavy atom. The largest absolute Gasteiger partial charge is 0.472 e. The molecule has 2 spiro atoms. The van der Waals surface area contributed by atoms with E-state index in [0.717, 1.165) is 24.8 Å². The molecule has 5 heteroatoms. The predicted molar refractivity (Wildman–Crippen MR) is 86.2 cm³/mol. The molecule has 25 heavy (non-hydrogen) atoms. The Bertz CT molecular complexity index is 754. The van der Waals surface area contributed by atoms with Crippen LogP contribution in [0.1, 0.15) is 37.9 Å². The SMILES string of the molecule is C[C@@H]1[C@H]2C[C@@]34COC(=O)[C@H]3CC=C[C@H]4[C@@]13C[C@H](c1ccoc1)O[C@@H]3O2. The maximum Gasteiger partial charge on any atom is 0.309 e. The number of furan rings is 1. The van der Waals surface area contributed by atoms with Crippen LogP contribution in [-0.2, 0) is 19.0 Å². The molecular formula is C20H22O5. The third-order valence-corrected chi connectivity index (χ3v) is 7.83. The molecule has 132 valence electrons.